The van der Waals surface area contributed by atoms with Crippen molar-refractivity contribution < 1.29 is 5.11 Å². The van der Waals surface area contributed by atoms with Crippen molar-refractivity contribution in [1.29, 1.82) is 0 Å². The molecule has 1 aliphatic carbocycles. The van der Waals surface area contributed by atoms with Gasteiger partial charge >= 0.3 is 0 Å². The molecule has 0 unspecified atom stereocenters. The molecule has 1 rings (SSSR count). The van der Waals surface area contributed by atoms with Crippen molar-refractivity contribution in [2.24, 2.45) is 5.92 Å². The number of hydrogen-bond donors (Lipinski definition) is 1. The minimum atomic E-state index is -1.26. The zero-order valence-electron chi connectivity index (χ0n) is 7.52. The van der Waals surface area contributed by atoms with Crippen LogP contribution in [-0.2, 0) is 0 Å². The molecule has 1 atom stereocenters. The molecule has 0 aromatic heterocycles. The first-order chi connectivity index (χ1) is 4.99. The van der Waals surface area contributed by atoms with Crippen molar-refractivity contribution in [1.82, 2.24) is 0 Å². The molecule has 1 fully saturated rings. The molecule has 1 aliphatic rings. The molecule has 0 bridgehead atoms. The van der Waals surface area contributed by atoms with Gasteiger partial charge in [-0.05, 0) is 18.8 Å². The summed E-state index contributed by atoms with van der Waals surface area (Å²) in [7, 11) is -1.26. The molecule has 0 saturated heterocycles. The van der Waals surface area contributed by atoms with Crippen LogP contribution in [0.25, 0.3) is 0 Å². The maximum atomic E-state index is 9.40. The monoisotopic (exact) mass is 168 g/mol. The Morgan fingerprint density at radius 3 is 2.27 bits per heavy atom. The van der Waals surface area contributed by atoms with Gasteiger partial charge in [0.1, 0.15) is 14.2 Å². The minimum absolute atomic E-state index is 0.332. The summed E-state index contributed by atoms with van der Waals surface area (Å²) in [5.41, 5.74) is 3.18. The third kappa shape index (κ3) is 3.59. The van der Waals surface area contributed by atoms with Crippen LogP contribution in [0.2, 0.25) is 19.6 Å². The summed E-state index contributed by atoms with van der Waals surface area (Å²) in [4.78, 5) is 0. The lowest BCUT2D eigenvalue weighted by atomic mass is 10.2. The van der Waals surface area contributed by atoms with Gasteiger partial charge in [-0.1, -0.05) is 25.6 Å². The number of rotatable bonds is 1. The van der Waals surface area contributed by atoms with Crippen LogP contribution in [-0.4, -0.2) is 19.3 Å². The third-order valence-electron chi connectivity index (χ3n) is 1.66. The van der Waals surface area contributed by atoms with Gasteiger partial charge in [0, 0.05) is 0 Å². The van der Waals surface area contributed by atoms with Crippen LogP contribution in [0.15, 0.2) is 0 Å². The van der Waals surface area contributed by atoms with Gasteiger partial charge in [-0.2, -0.15) is 0 Å². The summed E-state index contributed by atoms with van der Waals surface area (Å²) in [5.74, 6) is 3.45. The topological polar surface area (TPSA) is 20.2 Å². The van der Waals surface area contributed by atoms with E-state index < -0.39 is 8.07 Å². The van der Waals surface area contributed by atoms with E-state index in [1.807, 2.05) is 0 Å². The lowest BCUT2D eigenvalue weighted by Gasteiger charge is -2.05. The summed E-state index contributed by atoms with van der Waals surface area (Å²) in [5, 5.41) is 9.40. The highest BCUT2D eigenvalue weighted by atomic mass is 28.3. The van der Waals surface area contributed by atoms with E-state index in [1.54, 1.807) is 0 Å². The fourth-order valence-electron chi connectivity index (χ4n) is 0.820. The molecule has 1 nitrogen and oxygen atoms in total. The van der Waals surface area contributed by atoms with Gasteiger partial charge in [0.15, 0.2) is 0 Å². The van der Waals surface area contributed by atoms with Crippen molar-refractivity contribution in [2.75, 3.05) is 0 Å². The fourth-order valence-corrected chi connectivity index (χ4v) is 1.40. The molecular weight excluding hydrogens is 152 g/mol. The summed E-state index contributed by atoms with van der Waals surface area (Å²) in [6.45, 7) is 6.58. The first-order valence-corrected chi connectivity index (χ1v) is 7.70. The van der Waals surface area contributed by atoms with Crippen molar-refractivity contribution in [3.63, 3.8) is 0 Å². The highest BCUT2D eigenvalue weighted by Crippen LogP contribution is 2.32. The van der Waals surface area contributed by atoms with Gasteiger partial charge in [0.2, 0.25) is 0 Å². The van der Waals surface area contributed by atoms with Crippen LogP contribution in [0, 0.1) is 17.4 Å². The van der Waals surface area contributed by atoms with Gasteiger partial charge in [0.05, 0.1) is 0 Å². The summed E-state index contributed by atoms with van der Waals surface area (Å²) < 4.78 is 0. The highest BCUT2D eigenvalue weighted by Gasteiger charge is 2.28. The van der Waals surface area contributed by atoms with Gasteiger partial charge in [-0.25, -0.2) is 0 Å². The van der Waals surface area contributed by atoms with Gasteiger partial charge in [-0.3, -0.25) is 0 Å². The molecule has 2 heteroatoms. The van der Waals surface area contributed by atoms with Crippen LogP contribution in [0.4, 0.5) is 0 Å². The van der Waals surface area contributed by atoms with Crippen molar-refractivity contribution in [3.8, 4) is 11.5 Å². The zero-order chi connectivity index (χ0) is 8.48. The molecule has 1 N–H and O–H groups in total. The second-order valence-corrected chi connectivity index (χ2v) is 9.05. The predicted octanol–water partition coefficient (Wildman–Crippen LogP) is 1.64. The molecule has 1 saturated carbocycles. The standard InChI is InChI=1S/C9H16OSi/c1-11(2,3)7-6-9(10)8-4-5-8/h8-10H,4-5H2,1-3H3/t9-/m1/s1. The normalized spacial score (nSPS) is 20.4. The summed E-state index contributed by atoms with van der Waals surface area (Å²) >= 11 is 0. The minimum Gasteiger partial charge on any atom is -0.380 e. The molecule has 0 aliphatic heterocycles. The molecule has 0 spiro atoms. The van der Waals surface area contributed by atoms with Crippen LogP contribution in [0.1, 0.15) is 12.8 Å². The van der Waals surface area contributed by atoms with Crippen molar-refractivity contribution in [2.45, 2.75) is 38.6 Å². The predicted molar refractivity (Wildman–Crippen MR) is 49.9 cm³/mol. The van der Waals surface area contributed by atoms with Gasteiger partial charge in [0.25, 0.3) is 0 Å². The van der Waals surface area contributed by atoms with Crippen LogP contribution in [0.3, 0.4) is 0 Å². The summed E-state index contributed by atoms with van der Waals surface area (Å²) in [6.07, 6.45) is 2.00. The quantitative estimate of drug-likeness (QED) is 0.466. The summed E-state index contributed by atoms with van der Waals surface area (Å²) in [6, 6.07) is 0. The van der Waals surface area contributed by atoms with Crippen molar-refractivity contribution in [3.05, 3.63) is 0 Å². The van der Waals surface area contributed by atoms with Crippen molar-refractivity contribution >= 4 is 8.07 Å². The number of aliphatic hydroxyl groups excluding tert-OH is 1. The van der Waals surface area contributed by atoms with Crippen LogP contribution in [0.5, 0.6) is 0 Å². The molecule has 0 aromatic rings. The largest absolute Gasteiger partial charge is 0.380 e. The Balaban J connectivity index is 2.41. The number of aliphatic hydroxyl groups is 1. The van der Waals surface area contributed by atoms with E-state index in [4.69, 9.17) is 0 Å². The smallest absolute Gasteiger partial charge is 0.129 e. The van der Waals surface area contributed by atoms with E-state index in [-0.39, 0.29) is 6.10 Å². The van der Waals surface area contributed by atoms with E-state index in [9.17, 15) is 5.11 Å². The average Bonchev–Trinajstić information content (AvgIpc) is 2.61. The maximum Gasteiger partial charge on any atom is 0.129 e. The van der Waals surface area contributed by atoms with E-state index in [2.05, 4.69) is 31.1 Å². The number of hydrogen-bond acceptors (Lipinski definition) is 1. The second kappa shape index (κ2) is 3.00. The highest BCUT2D eigenvalue weighted by molar-refractivity contribution is 6.83. The third-order valence-corrected chi connectivity index (χ3v) is 2.56. The zero-order valence-corrected chi connectivity index (χ0v) is 8.52. The Kier molecular flexibility index (Phi) is 2.41. The van der Waals surface area contributed by atoms with Gasteiger partial charge in [-0.15, -0.1) is 5.54 Å². The van der Waals surface area contributed by atoms with E-state index >= 15 is 0 Å². The molecular formula is C9H16OSi. The average molecular weight is 168 g/mol. The Morgan fingerprint density at radius 1 is 1.36 bits per heavy atom. The van der Waals surface area contributed by atoms with E-state index in [1.165, 1.54) is 12.8 Å². The molecule has 0 aromatic carbocycles. The van der Waals surface area contributed by atoms with Crippen LogP contribution >= 0.6 is 0 Å². The van der Waals surface area contributed by atoms with Crippen LogP contribution < -0.4 is 0 Å². The Morgan fingerprint density at radius 2 is 1.91 bits per heavy atom. The molecule has 62 valence electrons. The van der Waals surface area contributed by atoms with E-state index in [0.717, 1.165) is 0 Å². The van der Waals surface area contributed by atoms with E-state index in [0.29, 0.717) is 5.92 Å². The second-order valence-electron chi connectivity index (χ2n) is 4.30. The molecule has 0 amide bonds. The molecule has 0 heterocycles. The Labute approximate surface area is 69.8 Å². The first kappa shape index (κ1) is 8.83. The molecule has 0 radical (unpaired) electrons. The Bertz CT molecular complexity index is 190. The first-order valence-electron chi connectivity index (χ1n) is 4.20. The fraction of sp³-hybridized carbons (Fsp3) is 0.778. The molecule has 11 heavy (non-hydrogen) atoms. The lowest BCUT2D eigenvalue weighted by Crippen LogP contribution is -2.18. The Hall–Kier alpha value is -0.263. The maximum absolute atomic E-state index is 9.40. The van der Waals surface area contributed by atoms with Gasteiger partial charge < -0.3 is 5.11 Å². The SMILES string of the molecule is C[Si](C)(C)C#C[C@@H](O)C1CC1. The lowest BCUT2D eigenvalue weighted by molar-refractivity contribution is 0.209.